The number of piperazine rings is 1. The zero-order valence-corrected chi connectivity index (χ0v) is 18.4. The molecule has 0 atom stereocenters. The molecule has 1 aromatic carbocycles. The van der Waals surface area contributed by atoms with E-state index in [0.29, 0.717) is 18.8 Å². The van der Waals surface area contributed by atoms with E-state index in [-0.39, 0.29) is 18.1 Å². The van der Waals surface area contributed by atoms with E-state index in [0.717, 1.165) is 36.1 Å². The molecular weight excluding hydrogens is 465 g/mol. The normalized spacial score (nSPS) is 15.8. The first kappa shape index (κ1) is 22.7. The lowest BCUT2D eigenvalue weighted by Gasteiger charge is -2.34. The number of benzene rings is 1. The van der Waals surface area contributed by atoms with Crippen LogP contribution in [0.2, 0.25) is 4.34 Å². The van der Waals surface area contributed by atoms with Crippen molar-refractivity contribution in [2.24, 2.45) is 0 Å². The molecule has 3 heterocycles. The standard InChI is InChI=1S/C20H20ClF3N6OS/c21-18-4-2-15(32-18)10-28-5-7-29(8-6-28)11-19(31)27-16-9-14(20(22,23)24)1-3-17(16)30-13-25-12-26-30/h1-4,9,12-13H,5-8,10-11H2,(H,27,31). The second-order valence-corrected chi connectivity index (χ2v) is 9.18. The lowest BCUT2D eigenvalue weighted by Crippen LogP contribution is -2.48. The molecule has 0 radical (unpaired) electrons. The summed E-state index contributed by atoms with van der Waals surface area (Å²) in [6.07, 6.45) is -1.89. The summed E-state index contributed by atoms with van der Waals surface area (Å²) in [6, 6.07) is 7.02. The molecule has 2 aromatic heterocycles. The molecule has 12 heteroatoms. The zero-order valence-electron chi connectivity index (χ0n) is 16.8. The maximum absolute atomic E-state index is 13.2. The molecule has 0 spiro atoms. The number of carbonyl (C=O) groups excluding carboxylic acids is 1. The van der Waals surface area contributed by atoms with Crippen LogP contribution in [0.15, 0.2) is 43.0 Å². The summed E-state index contributed by atoms with van der Waals surface area (Å²) in [4.78, 5) is 21.9. The third-order valence-electron chi connectivity index (χ3n) is 5.10. The maximum Gasteiger partial charge on any atom is 0.416 e. The van der Waals surface area contributed by atoms with Gasteiger partial charge >= 0.3 is 6.18 Å². The topological polar surface area (TPSA) is 66.3 Å². The fourth-order valence-corrected chi connectivity index (χ4v) is 4.63. The highest BCUT2D eigenvalue weighted by molar-refractivity contribution is 7.16. The Bertz CT molecular complexity index is 1060. The Morgan fingerprint density at radius 2 is 1.88 bits per heavy atom. The minimum Gasteiger partial charge on any atom is -0.323 e. The van der Waals surface area contributed by atoms with Gasteiger partial charge < -0.3 is 5.32 Å². The Balaban J connectivity index is 1.37. The number of alkyl halides is 3. The van der Waals surface area contributed by atoms with Crippen LogP contribution in [0, 0.1) is 0 Å². The average molecular weight is 485 g/mol. The van der Waals surface area contributed by atoms with Crippen LogP contribution in [0.25, 0.3) is 5.69 Å². The number of hydrogen-bond acceptors (Lipinski definition) is 6. The van der Waals surface area contributed by atoms with Gasteiger partial charge in [0.1, 0.15) is 12.7 Å². The summed E-state index contributed by atoms with van der Waals surface area (Å²) < 4.78 is 41.6. The Hall–Kier alpha value is -2.47. The van der Waals surface area contributed by atoms with Gasteiger partial charge in [-0.2, -0.15) is 18.3 Å². The van der Waals surface area contributed by atoms with Gasteiger partial charge in [-0.1, -0.05) is 11.6 Å². The molecule has 4 rings (SSSR count). The summed E-state index contributed by atoms with van der Waals surface area (Å²) in [5.74, 6) is -0.385. The van der Waals surface area contributed by atoms with Gasteiger partial charge in [0.15, 0.2) is 0 Å². The predicted molar refractivity (Wildman–Crippen MR) is 116 cm³/mol. The van der Waals surface area contributed by atoms with Crippen molar-refractivity contribution in [2.75, 3.05) is 38.0 Å². The Morgan fingerprint density at radius 3 is 2.50 bits per heavy atom. The zero-order chi connectivity index (χ0) is 22.7. The van der Waals surface area contributed by atoms with Gasteiger partial charge in [-0.05, 0) is 30.3 Å². The second kappa shape index (κ2) is 9.57. The minimum absolute atomic E-state index is 0.0311. The van der Waals surface area contributed by atoms with Crippen LogP contribution in [-0.2, 0) is 17.5 Å². The first-order valence-corrected chi connectivity index (χ1v) is 11.0. The number of aromatic nitrogens is 3. The van der Waals surface area contributed by atoms with E-state index in [1.807, 2.05) is 17.0 Å². The highest BCUT2D eigenvalue weighted by Gasteiger charge is 2.31. The first-order valence-electron chi connectivity index (χ1n) is 9.83. The molecule has 170 valence electrons. The summed E-state index contributed by atoms with van der Waals surface area (Å²) in [5.41, 5.74) is -0.509. The minimum atomic E-state index is -4.52. The summed E-state index contributed by atoms with van der Waals surface area (Å²) in [6.45, 7) is 3.85. The number of halogens is 4. The van der Waals surface area contributed by atoms with Crippen molar-refractivity contribution in [3.05, 3.63) is 57.8 Å². The number of nitrogens with zero attached hydrogens (tertiary/aromatic N) is 5. The number of anilines is 1. The molecule has 1 saturated heterocycles. The van der Waals surface area contributed by atoms with Gasteiger partial charge in [-0.25, -0.2) is 9.67 Å². The molecular formula is C20H20ClF3N6OS. The maximum atomic E-state index is 13.2. The largest absolute Gasteiger partial charge is 0.416 e. The second-order valence-electron chi connectivity index (χ2n) is 7.38. The van der Waals surface area contributed by atoms with Gasteiger partial charge in [0.25, 0.3) is 0 Å². The van der Waals surface area contributed by atoms with Gasteiger partial charge in [-0.3, -0.25) is 14.6 Å². The fourth-order valence-electron chi connectivity index (χ4n) is 3.50. The van der Waals surface area contributed by atoms with E-state index >= 15 is 0 Å². The van der Waals surface area contributed by atoms with Crippen LogP contribution < -0.4 is 5.32 Å². The fraction of sp³-hybridized carbons (Fsp3) is 0.350. The van der Waals surface area contributed by atoms with Gasteiger partial charge in [0.2, 0.25) is 5.91 Å². The Morgan fingerprint density at radius 1 is 1.12 bits per heavy atom. The smallest absolute Gasteiger partial charge is 0.323 e. The highest BCUT2D eigenvalue weighted by Crippen LogP contribution is 2.33. The van der Waals surface area contributed by atoms with Crippen LogP contribution >= 0.6 is 22.9 Å². The predicted octanol–water partition coefficient (Wildman–Crippen LogP) is 3.76. The van der Waals surface area contributed by atoms with Crippen LogP contribution in [0.4, 0.5) is 18.9 Å². The number of amides is 1. The van der Waals surface area contributed by atoms with Crippen molar-refractivity contribution >= 4 is 34.5 Å². The summed E-state index contributed by atoms with van der Waals surface area (Å²) in [5, 5.41) is 6.57. The van der Waals surface area contributed by atoms with Crippen molar-refractivity contribution in [1.82, 2.24) is 24.6 Å². The van der Waals surface area contributed by atoms with Gasteiger partial charge in [-0.15, -0.1) is 11.3 Å². The lowest BCUT2D eigenvalue weighted by atomic mass is 10.1. The highest BCUT2D eigenvalue weighted by atomic mass is 35.5. The third-order valence-corrected chi connectivity index (χ3v) is 6.32. The summed E-state index contributed by atoms with van der Waals surface area (Å²) >= 11 is 7.53. The van der Waals surface area contributed by atoms with Crippen LogP contribution in [0.3, 0.4) is 0 Å². The van der Waals surface area contributed by atoms with Crippen LogP contribution in [0.5, 0.6) is 0 Å². The molecule has 0 saturated carbocycles. The molecule has 3 aromatic rings. The number of thiophene rings is 1. The Labute approximate surface area is 191 Å². The molecule has 1 fully saturated rings. The number of carbonyl (C=O) groups is 1. The SMILES string of the molecule is O=C(CN1CCN(Cc2ccc(Cl)s2)CC1)Nc1cc(C(F)(F)F)ccc1-n1cncn1. The molecule has 0 unspecified atom stereocenters. The van der Waals surface area contributed by atoms with E-state index in [9.17, 15) is 18.0 Å². The van der Waals surface area contributed by atoms with Gasteiger partial charge in [0.05, 0.1) is 27.8 Å². The molecule has 1 aliphatic rings. The van der Waals surface area contributed by atoms with Gasteiger partial charge in [0, 0.05) is 37.6 Å². The quantitative estimate of drug-likeness (QED) is 0.577. The third kappa shape index (κ3) is 5.66. The van der Waals surface area contributed by atoms with E-state index in [1.54, 1.807) is 11.3 Å². The van der Waals surface area contributed by atoms with E-state index in [4.69, 9.17) is 11.6 Å². The molecule has 7 nitrogen and oxygen atoms in total. The number of nitrogens with one attached hydrogen (secondary N) is 1. The molecule has 1 aliphatic heterocycles. The number of rotatable bonds is 6. The molecule has 0 aliphatic carbocycles. The van der Waals surface area contributed by atoms with E-state index in [2.05, 4.69) is 20.3 Å². The first-order chi connectivity index (χ1) is 15.3. The molecule has 1 amide bonds. The Kier molecular flexibility index (Phi) is 6.79. The molecule has 32 heavy (non-hydrogen) atoms. The van der Waals surface area contributed by atoms with Crippen LogP contribution in [0.1, 0.15) is 10.4 Å². The van der Waals surface area contributed by atoms with Crippen molar-refractivity contribution in [3.8, 4) is 5.69 Å². The van der Waals surface area contributed by atoms with E-state index in [1.165, 1.54) is 28.3 Å². The lowest BCUT2D eigenvalue weighted by molar-refractivity contribution is -0.137. The van der Waals surface area contributed by atoms with Crippen molar-refractivity contribution in [3.63, 3.8) is 0 Å². The molecule has 1 N–H and O–H groups in total. The summed E-state index contributed by atoms with van der Waals surface area (Å²) in [7, 11) is 0. The van der Waals surface area contributed by atoms with Crippen molar-refractivity contribution < 1.29 is 18.0 Å². The van der Waals surface area contributed by atoms with Crippen molar-refractivity contribution in [2.45, 2.75) is 12.7 Å². The van der Waals surface area contributed by atoms with Crippen LogP contribution in [-0.4, -0.2) is 63.2 Å². The average Bonchev–Trinajstić information content (AvgIpc) is 3.41. The monoisotopic (exact) mass is 484 g/mol. The number of hydrogen-bond donors (Lipinski definition) is 1. The molecule has 0 bridgehead atoms. The van der Waals surface area contributed by atoms with E-state index < -0.39 is 11.7 Å². The van der Waals surface area contributed by atoms with Crippen molar-refractivity contribution in [1.29, 1.82) is 0 Å².